The van der Waals surface area contributed by atoms with Crippen LogP contribution in [-0.4, -0.2) is 24.8 Å². The molecule has 1 heterocycles. The molecule has 0 radical (unpaired) electrons. The zero-order valence-electron chi connectivity index (χ0n) is 6.34. The molecule has 0 aliphatic carbocycles. The molecule has 0 saturated heterocycles. The molecule has 3 N–H and O–H groups in total. The van der Waals surface area contributed by atoms with Crippen LogP contribution in [0.2, 0.25) is 0 Å². The minimum absolute atomic E-state index is 0.262. The predicted octanol–water partition coefficient (Wildman–Crippen LogP) is -2.51. The third-order valence-corrected chi connectivity index (χ3v) is 1.43. The van der Waals surface area contributed by atoms with E-state index in [2.05, 4.69) is 10.6 Å². The first-order valence-corrected chi connectivity index (χ1v) is 3.16. The fourth-order valence-corrected chi connectivity index (χ4v) is 0.897. The van der Waals surface area contributed by atoms with Gasteiger partial charge < -0.3 is 15.7 Å². The van der Waals surface area contributed by atoms with E-state index < -0.39 is 5.17 Å². The second-order valence-corrected chi connectivity index (χ2v) is 2.04. The SMILES string of the molecule is CNC1=C[NH+]([O-])[N+]([O-])=C1NC. The Bertz CT molecular complexity index is 223. The first-order chi connectivity index (χ1) is 5.20. The Morgan fingerprint density at radius 1 is 1.45 bits per heavy atom. The summed E-state index contributed by atoms with van der Waals surface area (Å²) >= 11 is 0. The number of hydroxylamine groups is 1. The molecular formula is C5H10N4O2. The summed E-state index contributed by atoms with van der Waals surface area (Å²) in [7, 11) is 3.24. The zero-order valence-corrected chi connectivity index (χ0v) is 6.34. The van der Waals surface area contributed by atoms with E-state index >= 15 is 0 Å². The second-order valence-electron chi connectivity index (χ2n) is 2.04. The monoisotopic (exact) mass is 158 g/mol. The van der Waals surface area contributed by atoms with Crippen LogP contribution in [0.4, 0.5) is 0 Å². The molecule has 1 aliphatic rings. The summed E-state index contributed by atoms with van der Waals surface area (Å²) in [5.74, 6) is 0.262. The summed E-state index contributed by atoms with van der Waals surface area (Å²) in [5.41, 5.74) is 0.521. The quantitative estimate of drug-likeness (QED) is 0.291. The van der Waals surface area contributed by atoms with Crippen molar-refractivity contribution in [3.8, 4) is 0 Å². The average Bonchev–Trinajstić information content (AvgIpc) is 2.28. The van der Waals surface area contributed by atoms with E-state index in [1.165, 1.54) is 6.20 Å². The lowest BCUT2D eigenvalue weighted by molar-refractivity contribution is -1.25. The maximum Gasteiger partial charge on any atom is 0.354 e. The van der Waals surface area contributed by atoms with Crippen LogP contribution in [-0.2, 0) is 0 Å². The van der Waals surface area contributed by atoms with Crippen molar-refractivity contribution in [2.75, 3.05) is 14.1 Å². The van der Waals surface area contributed by atoms with E-state index in [1.807, 2.05) is 0 Å². The molecule has 6 nitrogen and oxygen atoms in total. The molecule has 0 saturated carbocycles. The predicted molar refractivity (Wildman–Crippen MR) is 39.2 cm³/mol. The molecule has 1 atom stereocenters. The number of hydrogen-bond donors (Lipinski definition) is 3. The van der Waals surface area contributed by atoms with E-state index in [9.17, 15) is 10.4 Å². The van der Waals surface area contributed by atoms with Crippen LogP contribution in [0, 0.1) is 10.4 Å². The molecule has 11 heavy (non-hydrogen) atoms. The smallest absolute Gasteiger partial charge is 0.354 e. The van der Waals surface area contributed by atoms with Gasteiger partial charge in [0.2, 0.25) is 0 Å². The Labute approximate surface area is 63.9 Å². The minimum Gasteiger partial charge on any atom is -0.666 e. The van der Waals surface area contributed by atoms with Crippen molar-refractivity contribution in [3.63, 3.8) is 0 Å². The van der Waals surface area contributed by atoms with Crippen molar-refractivity contribution in [3.05, 3.63) is 22.3 Å². The van der Waals surface area contributed by atoms with E-state index in [-0.39, 0.29) is 5.84 Å². The van der Waals surface area contributed by atoms with Gasteiger partial charge in [0.25, 0.3) is 0 Å². The van der Waals surface area contributed by atoms with E-state index in [0.29, 0.717) is 10.5 Å². The highest BCUT2D eigenvalue weighted by atomic mass is 16.7. The summed E-state index contributed by atoms with van der Waals surface area (Å²) in [6, 6.07) is 0. The summed E-state index contributed by atoms with van der Waals surface area (Å²) in [6.45, 7) is 0. The summed E-state index contributed by atoms with van der Waals surface area (Å²) in [4.78, 5) is 0.311. The van der Waals surface area contributed by atoms with Gasteiger partial charge in [0.05, 0.1) is 7.05 Å². The molecule has 0 fully saturated rings. The van der Waals surface area contributed by atoms with Gasteiger partial charge in [0.1, 0.15) is 0 Å². The number of nitrogens with one attached hydrogen (secondary N) is 3. The van der Waals surface area contributed by atoms with Crippen LogP contribution in [0.25, 0.3) is 0 Å². The van der Waals surface area contributed by atoms with Crippen LogP contribution in [0.1, 0.15) is 0 Å². The molecule has 1 unspecified atom stereocenters. The van der Waals surface area contributed by atoms with Crippen LogP contribution in [0.15, 0.2) is 11.9 Å². The van der Waals surface area contributed by atoms with Gasteiger partial charge in [-0.1, -0.05) is 4.85 Å². The first kappa shape index (κ1) is 7.83. The highest BCUT2D eigenvalue weighted by molar-refractivity contribution is 5.93. The van der Waals surface area contributed by atoms with Crippen molar-refractivity contribution in [2.24, 2.45) is 0 Å². The Morgan fingerprint density at radius 2 is 2.09 bits per heavy atom. The van der Waals surface area contributed by atoms with E-state index in [4.69, 9.17) is 0 Å². The van der Waals surface area contributed by atoms with Crippen LogP contribution in [0.5, 0.6) is 0 Å². The lowest BCUT2D eigenvalue weighted by atomic mass is 10.4. The Hall–Kier alpha value is -1.27. The number of rotatable bonds is 1. The Balaban J connectivity index is 2.92. The minimum atomic E-state index is -0.557. The van der Waals surface area contributed by atoms with Gasteiger partial charge in [-0.25, -0.2) is 0 Å². The van der Waals surface area contributed by atoms with Crippen molar-refractivity contribution in [1.82, 2.24) is 10.6 Å². The summed E-state index contributed by atoms with van der Waals surface area (Å²) < 4.78 is 0. The fraction of sp³-hybridized carbons (Fsp3) is 0.400. The lowest BCUT2D eigenvalue weighted by Crippen LogP contribution is -3.05. The number of quaternary nitrogens is 1. The van der Waals surface area contributed by atoms with Gasteiger partial charge in [-0.2, -0.15) is 5.17 Å². The summed E-state index contributed by atoms with van der Waals surface area (Å²) in [5, 5.41) is 26.4. The molecule has 0 aromatic rings. The van der Waals surface area contributed by atoms with Crippen LogP contribution >= 0.6 is 0 Å². The van der Waals surface area contributed by atoms with E-state index in [1.54, 1.807) is 14.1 Å². The Kier molecular flexibility index (Phi) is 1.97. The molecule has 0 spiro atoms. The molecule has 0 bridgehead atoms. The van der Waals surface area contributed by atoms with Gasteiger partial charge in [0.15, 0.2) is 11.9 Å². The summed E-state index contributed by atoms with van der Waals surface area (Å²) in [6.07, 6.45) is 1.25. The van der Waals surface area contributed by atoms with Gasteiger partial charge >= 0.3 is 5.84 Å². The standard InChI is InChI=1S/C5H10N4O2/c1-6-4-3-8(10)9(11)5(4)7-2/h3,6-8H,1-2H3. The molecule has 0 aromatic carbocycles. The second kappa shape index (κ2) is 2.77. The normalized spacial score (nSPS) is 23.5. The maximum absolute atomic E-state index is 10.9. The highest BCUT2D eigenvalue weighted by Gasteiger charge is 2.24. The Morgan fingerprint density at radius 3 is 2.45 bits per heavy atom. The molecular weight excluding hydrogens is 148 g/mol. The molecule has 0 aromatic heterocycles. The average molecular weight is 158 g/mol. The number of hydrogen-bond acceptors (Lipinski definition) is 4. The van der Waals surface area contributed by atoms with Gasteiger partial charge in [-0.3, -0.25) is 5.32 Å². The van der Waals surface area contributed by atoms with Crippen molar-refractivity contribution >= 4 is 5.84 Å². The third-order valence-electron chi connectivity index (χ3n) is 1.43. The van der Waals surface area contributed by atoms with E-state index in [0.717, 1.165) is 0 Å². The molecule has 1 rings (SSSR count). The van der Waals surface area contributed by atoms with Crippen molar-refractivity contribution in [2.45, 2.75) is 0 Å². The highest BCUT2D eigenvalue weighted by Crippen LogP contribution is 1.89. The van der Waals surface area contributed by atoms with Crippen molar-refractivity contribution < 1.29 is 10.0 Å². The zero-order chi connectivity index (χ0) is 8.43. The maximum atomic E-state index is 10.9. The fourth-order valence-electron chi connectivity index (χ4n) is 0.897. The molecule has 62 valence electrons. The van der Waals surface area contributed by atoms with Crippen LogP contribution < -0.4 is 15.8 Å². The third kappa shape index (κ3) is 1.13. The number of likely N-dealkylation sites (N-methyl/N-ethyl adjacent to an activating group) is 2. The van der Waals surface area contributed by atoms with Crippen molar-refractivity contribution in [1.29, 1.82) is 0 Å². The topological polar surface area (TPSA) is 77.6 Å². The molecule has 0 amide bonds. The lowest BCUT2D eigenvalue weighted by Gasteiger charge is -2.14. The van der Waals surface area contributed by atoms with Gasteiger partial charge in [0, 0.05) is 7.05 Å². The largest absolute Gasteiger partial charge is 0.666 e. The molecule has 6 heteroatoms. The van der Waals surface area contributed by atoms with Gasteiger partial charge in [-0.05, 0) is 0 Å². The van der Waals surface area contributed by atoms with Gasteiger partial charge in [-0.15, -0.1) is 0 Å². The number of amidine groups is 1. The van der Waals surface area contributed by atoms with Crippen LogP contribution in [0.3, 0.4) is 0 Å². The molecule has 1 aliphatic heterocycles. The number of nitrogens with zero attached hydrogens (tertiary/aromatic N) is 1. The first-order valence-electron chi connectivity index (χ1n) is 3.16.